The number of aromatic nitrogens is 4. The molecule has 3 aromatic rings. The van der Waals surface area contributed by atoms with E-state index in [1.165, 1.54) is 24.8 Å². The van der Waals surface area contributed by atoms with Gasteiger partial charge < -0.3 is 5.32 Å². The van der Waals surface area contributed by atoms with Gasteiger partial charge in [-0.05, 0) is 40.8 Å². The van der Waals surface area contributed by atoms with Gasteiger partial charge in [0.25, 0.3) is 5.91 Å². The first kappa shape index (κ1) is 19.6. The number of rotatable bonds is 5. The van der Waals surface area contributed by atoms with Crippen molar-refractivity contribution in [3.8, 4) is 11.4 Å². The average Bonchev–Trinajstić information content (AvgIpc) is 3.08. The summed E-state index contributed by atoms with van der Waals surface area (Å²) in [5.74, 6) is -0.997. The number of hydrogen-bond donors (Lipinski definition) is 1. The molecule has 1 amide bonds. The van der Waals surface area contributed by atoms with Gasteiger partial charge in [0.05, 0.1) is 0 Å². The van der Waals surface area contributed by atoms with Crippen LogP contribution in [-0.2, 0) is 17.1 Å². The monoisotopic (exact) mass is 404 g/mol. The molecule has 28 heavy (non-hydrogen) atoms. The molecule has 0 radical (unpaired) electrons. The molecule has 0 saturated carbocycles. The van der Waals surface area contributed by atoms with Crippen LogP contribution in [0.3, 0.4) is 0 Å². The molecule has 0 aliphatic heterocycles. The van der Waals surface area contributed by atoms with Crippen LogP contribution in [0.15, 0.2) is 47.4 Å². The summed E-state index contributed by atoms with van der Waals surface area (Å²) in [5, 5.41) is 13.9. The molecule has 0 unspecified atom stereocenters. The molecule has 9 nitrogen and oxygen atoms in total. The van der Waals surface area contributed by atoms with Crippen LogP contribution in [0.2, 0.25) is 0 Å². The second-order valence-electron chi connectivity index (χ2n) is 6.09. The molecule has 0 fully saturated rings. The fourth-order valence-corrected chi connectivity index (χ4v) is 3.44. The third kappa shape index (κ3) is 3.75. The number of amides is 1. The molecule has 2 aromatic carbocycles. The molecule has 0 aliphatic carbocycles. The lowest BCUT2D eigenvalue weighted by Crippen LogP contribution is -2.24. The van der Waals surface area contributed by atoms with Crippen molar-refractivity contribution in [1.82, 2.24) is 24.5 Å². The predicted octanol–water partition coefficient (Wildman–Crippen LogP) is 1.52. The number of tetrazole rings is 1. The van der Waals surface area contributed by atoms with Crippen molar-refractivity contribution in [2.45, 2.75) is 4.90 Å². The van der Waals surface area contributed by atoms with Gasteiger partial charge in [0.2, 0.25) is 10.0 Å². The number of carbonyl (C=O) groups is 1. The van der Waals surface area contributed by atoms with Crippen LogP contribution < -0.4 is 5.32 Å². The van der Waals surface area contributed by atoms with Gasteiger partial charge in [-0.25, -0.2) is 21.8 Å². The molecular weight excluding hydrogens is 387 g/mol. The van der Waals surface area contributed by atoms with Crippen LogP contribution in [0.5, 0.6) is 0 Å². The van der Waals surface area contributed by atoms with E-state index in [9.17, 15) is 17.6 Å². The summed E-state index contributed by atoms with van der Waals surface area (Å²) in [4.78, 5) is 12.0. The van der Waals surface area contributed by atoms with Crippen LogP contribution in [0, 0.1) is 5.82 Å². The fourth-order valence-electron chi connectivity index (χ4n) is 2.45. The van der Waals surface area contributed by atoms with Crippen molar-refractivity contribution < 1.29 is 17.6 Å². The number of nitrogens with zero attached hydrogens (tertiary/aromatic N) is 5. The van der Waals surface area contributed by atoms with Crippen LogP contribution in [-0.4, -0.2) is 52.9 Å². The maximum absolute atomic E-state index is 14.0. The molecule has 1 aromatic heterocycles. The number of sulfonamides is 1. The standard InChI is InChI=1S/C17H17FN6O3S/c1-23(2)28(26,27)15-10-12(7-8-14(15)18)17(25)19-13-6-4-5-11(9-13)16-20-21-22-24(16)3/h4-10H,1-3H3,(H,19,25). The van der Waals surface area contributed by atoms with Crippen LogP contribution in [0.1, 0.15) is 10.4 Å². The minimum Gasteiger partial charge on any atom is -0.322 e. The number of hydrogen-bond acceptors (Lipinski definition) is 6. The van der Waals surface area contributed by atoms with E-state index in [4.69, 9.17) is 0 Å². The Bertz CT molecular complexity index is 1140. The second-order valence-corrected chi connectivity index (χ2v) is 8.21. The predicted molar refractivity (Wildman–Crippen MR) is 99.5 cm³/mol. The third-order valence-corrected chi connectivity index (χ3v) is 5.78. The van der Waals surface area contributed by atoms with Gasteiger partial charge >= 0.3 is 0 Å². The van der Waals surface area contributed by atoms with E-state index in [-0.39, 0.29) is 5.56 Å². The van der Waals surface area contributed by atoms with Crippen molar-refractivity contribution in [2.24, 2.45) is 7.05 Å². The van der Waals surface area contributed by atoms with E-state index in [1.54, 1.807) is 31.3 Å². The molecule has 0 bridgehead atoms. The van der Waals surface area contributed by atoms with Gasteiger partial charge in [-0.15, -0.1) is 5.10 Å². The minimum atomic E-state index is -4.02. The SMILES string of the molecule is CN(C)S(=O)(=O)c1cc(C(=O)Nc2cccc(-c3nnnn3C)c2)ccc1F. The van der Waals surface area contributed by atoms with Gasteiger partial charge in [-0.2, -0.15) is 0 Å². The molecule has 1 N–H and O–H groups in total. The molecule has 0 aliphatic rings. The molecule has 1 heterocycles. The number of anilines is 1. The molecule has 3 rings (SSSR count). The molecular formula is C17H17FN6O3S. The Morgan fingerprint density at radius 2 is 1.93 bits per heavy atom. The summed E-state index contributed by atoms with van der Waals surface area (Å²) >= 11 is 0. The number of aryl methyl sites for hydroxylation is 1. The molecule has 0 atom stereocenters. The summed E-state index contributed by atoms with van der Waals surface area (Å²) in [7, 11) is 0.234. The van der Waals surface area contributed by atoms with Crippen molar-refractivity contribution in [1.29, 1.82) is 0 Å². The molecule has 146 valence electrons. The van der Waals surface area contributed by atoms with Gasteiger partial charge in [0.1, 0.15) is 10.7 Å². The summed E-state index contributed by atoms with van der Waals surface area (Å²) in [6.07, 6.45) is 0. The summed E-state index contributed by atoms with van der Waals surface area (Å²) in [6, 6.07) is 10.0. The Labute approximate surface area is 160 Å². The Balaban J connectivity index is 1.89. The Hall–Kier alpha value is -3.18. The van der Waals surface area contributed by atoms with Crippen LogP contribution in [0.4, 0.5) is 10.1 Å². The maximum Gasteiger partial charge on any atom is 0.255 e. The Kier molecular flexibility index (Phi) is 5.21. The molecule has 11 heteroatoms. The number of carbonyl (C=O) groups excluding carboxylic acids is 1. The summed E-state index contributed by atoms with van der Waals surface area (Å²) < 4.78 is 40.8. The van der Waals surface area contributed by atoms with Crippen molar-refractivity contribution in [3.05, 3.63) is 53.8 Å². The highest BCUT2D eigenvalue weighted by atomic mass is 32.2. The fraction of sp³-hybridized carbons (Fsp3) is 0.176. The van der Waals surface area contributed by atoms with Gasteiger partial charge in [0, 0.05) is 38.0 Å². The van der Waals surface area contributed by atoms with Crippen molar-refractivity contribution in [3.63, 3.8) is 0 Å². The highest BCUT2D eigenvalue weighted by Crippen LogP contribution is 2.22. The largest absolute Gasteiger partial charge is 0.322 e. The Morgan fingerprint density at radius 1 is 1.18 bits per heavy atom. The Morgan fingerprint density at radius 3 is 2.57 bits per heavy atom. The highest BCUT2D eigenvalue weighted by Gasteiger charge is 2.23. The van der Waals surface area contributed by atoms with Crippen molar-refractivity contribution >= 4 is 21.6 Å². The summed E-state index contributed by atoms with van der Waals surface area (Å²) in [5.41, 5.74) is 1.14. The normalized spacial score (nSPS) is 11.6. The second kappa shape index (κ2) is 7.44. The zero-order chi connectivity index (χ0) is 20.5. The lowest BCUT2D eigenvalue weighted by Gasteiger charge is -2.13. The quantitative estimate of drug-likeness (QED) is 0.690. The van der Waals surface area contributed by atoms with Crippen LogP contribution >= 0.6 is 0 Å². The summed E-state index contributed by atoms with van der Waals surface area (Å²) in [6.45, 7) is 0. The number of halogens is 1. The van der Waals surface area contributed by atoms with Gasteiger partial charge in [0.15, 0.2) is 5.82 Å². The average molecular weight is 404 g/mol. The molecule has 0 spiro atoms. The lowest BCUT2D eigenvalue weighted by atomic mass is 10.1. The van der Waals surface area contributed by atoms with E-state index < -0.39 is 26.6 Å². The number of nitrogens with one attached hydrogen (secondary N) is 1. The first-order valence-corrected chi connectivity index (χ1v) is 9.50. The van der Waals surface area contributed by atoms with E-state index in [2.05, 4.69) is 20.8 Å². The van der Waals surface area contributed by atoms with E-state index in [0.717, 1.165) is 16.4 Å². The lowest BCUT2D eigenvalue weighted by molar-refractivity contribution is 0.102. The zero-order valence-corrected chi connectivity index (χ0v) is 16.1. The highest BCUT2D eigenvalue weighted by molar-refractivity contribution is 7.89. The first-order chi connectivity index (χ1) is 13.2. The van der Waals surface area contributed by atoms with Crippen molar-refractivity contribution in [2.75, 3.05) is 19.4 Å². The van der Waals surface area contributed by atoms with Gasteiger partial charge in [-0.3, -0.25) is 4.79 Å². The maximum atomic E-state index is 14.0. The van der Waals surface area contributed by atoms with E-state index in [0.29, 0.717) is 17.1 Å². The minimum absolute atomic E-state index is 0.00699. The van der Waals surface area contributed by atoms with Gasteiger partial charge in [-0.1, -0.05) is 12.1 Å². The first-order valence-electron chi connectivity index (χ1n) is 8.06. The smallest absolute Gasteiger partial charge is 0.255 e. The molecule has 0 saturated heterocycles. The third-order valence-electron chi connectivity index (χ3n) is 3.95. The van der Waals surface area contributed by atoms with E-state index >= 15 is 0 Å². The van der Waals surface area contributed by atoms with E-state index in [1.807, 2.05) is 0 Å². The topological polar surface area (TPSA) is 110 Å². The number of benzene rings is 2. The van der Waals surface area contributed by atoms with Crippen LogP contribution in [0.25, 0.3) is 11.4 Å². The zero-order valence-electron chi connectivity index (χ0n) is 15.3.